The highest BCUT2D eigenvalue weighted by molar-refractivity contribution is 5.96. The fraction of sp³-hybridized carbons (Fsp3) is 0.273. The first-order valence-electron chi connectivity index (χ1n) is 9.23. The Morgan fingerprint density at radius 1 is 1.14 bits per heavy atom. The van der Waals surface area contributed by atoms with Crippen LogP contribution in [-0.2, 0) is 22.5 Å². The molecule has 146 valence electrons. The predicted molar refractivity (Wildman–Crippen MR) is 106 cm³/mol. The molecule has 0 spiro atoms. The van der Waals surface area contributed by atoms with E-state index in [4.69, 9.17) is 9.15 Å². The number of hydrogen-bond donors (Lipinski definition) is 1. The summed E-state index contributed by atoms with van der Waals surface area (Å²) in [6.07, 6.45) is 2.50. The van der Waals surface area contributed by atoms with Gasteiger partial charge in [0.1, 0.15) is 5.76 Å². The highest BCUT2D eigenvalue weighted by Gasteiger charge is 2.18. The van der Waals surface area contributed by atoms with Gasteiger partial charge in [-0.25, -0.2) is 4.79 Å². The number of carbonyl (C=O) groups is 2. The van der Waals surface area contributed by atoms with Crippen molar-refractivity contribution in [1.29, 1.82) is 0 Å². The van der Waals surface area contributed by atoms with Crippen LogP contribution >= 0.6 is 0 Å². The van der Waals surface area contributed by atoms with Crippen molar-refractivity contribution in [3.8, 4) is 0 Å². The summed E-state index contributed by atoms with van der Waals surface area (Å²) in [6, 6.07) is 13.1. The molecule has 28 heavy (non-hydrogen) atoms. The van der Waals surface area contributed by atoms with E-state index < -0.39 is 5.97 Å². The van der Waals surface area contributed by atoms with Crippen molar-refractivity contribution in [3.05, 3.63) is 77.0 Å². The van der Waals surface area contributed by atoms with Crippen molar-refractivity contribution in [2.75, 3.05) is 11.9 Å². The van der Waals surface area contributed by atoms with Gasteiger partial charge < -0.3 is 19.0 Å². The van der Waals surface area contributed by atoms with E-state index >= 15 is 0 Å². The quantitative estimate of drug-likeness (QED) is 0.626. The fourth-order valence-corrected chi connectivity index (χ4v) is 3.08. The zero-order valence-electron chi connectivity index (χ0n) is 16.3. The summed E-state index contributed by atoms with van der Waals surface area (Å²) in [5.74, 6) is -0.0855. The maximum Gasteiger partial charge on any atom is 0.340 e. The van der Waals surface area contributed by atoms with Crippen LogP contribution in [0.25, 0.3) is 0 Å². The van der Waals surface area contributed by atoms with Crippen LogP contribution < -0.4 is 5.32 Å². The van der Waals surface area contributed by atoms with Crippen LogP contribution in [-0.4, -0.2) is 23.1 Å². The molecular formula is C22H24N2O4. The summed E-state index contributed by atoms with van der Waals surface area (Å²) in [4.78, 5) is 24.6. The van der Waals surface area contributed by atoms with Gasteiger partial charge in [0.2, 0.25) is 0 Å². The van der Waals surface area contributed by atoms with Gasteiger partial charge in [-0.05, 0) is 56.2 Å². The third kappa shape index (κ3) is 4.52. The van der Waals surface area contributed by atoms with Crippen molar-refractivity contribution in [3.63, 3.8) is 0 Å². The Morgan fingerprint density at radius 2 is 1.96 bits per heavy atom. The zero-order chi connectivity index (χ0) is 20.1. The number of carbonyl (C=O) groups excluding carboxylic acids is 2. The van der Waals surface area contributed by atoms with Gasteiger partial charge >= 0.3 is 5.97 Å². The topological polar surface area (TPSA) is 73.5 Å². The number of esters is 1. The van der Waals surface area contributed by atoms with Crippen LogP contribution in [0.5, 0.6) is 0 Å². The Kier molecular flexibility index (Phi) is 5.99. The Hall–Kier alpha value is -3.28. The molecule has 1 amide bonds. The molecule has 6 heteroatoms. The molecule has 1 N–H and O–H groups in total. The maximum atomic E-state index is 12.5. The summed E-state index contributed by atoms with van der Waals surface area (Å²) >= 11 is 0. The molecule has 3 rings (SSSR count). The molecule has 0 aliphatic carbocycles. The average molecular weight is 380 g/mol. The summed E-state index contributed by atoms with van der Waals surface area (Å²) in [5.41, 5.74) is 3.96. The second-order valence-electron chi connectivity index (χ2n) is 6.63. The van der Waals surface area contributed by atoms with E-state index in [0.717, 1.165) is 29.1 Å². The van der Waals surface area contributed by atoms with Gasteiger partial charge in [-0.1, -0.05) is 19.1 Å². The molecule has 0 saturated heterocycles. The molecule has 0 radical (unpaired) electrons. The average Bonchev–Trinajstić information content (AvgIpc) is 3.30. The Morgan fingerprint density at radius 3 is 2.68 bits per heavy atom. The third-order valence-electron chi connectivity index (χ3n) is 4.64. The summed E-state index contributed by atoms with van der Waals surface area (Å²) < 4.78 is 12.6. The second-order valence-corrected chi connectivity index (χ2v) is 6.63. The van der Waals surface area contributed by atoms with Crippen molar-refractivity contribution in [2.45, 2.75) is 33.7 Å². The lowest BCUT2D eigenvalue weighted by Gasteiger charge is -2.09. The number of benzene rings is 1. The number of rotatable bonds is 7. The highest BCUT2D eigenvalue weighted by atomic mass is 16.5. The molecule has 3 aromatic rings. The van der Waals surface area contributed by atoms with Crippen molar-refractivity contribution in [1.82, 2.24) is 4.57 Å². The smallest absolute Gasteiger partial charge is 0.340 e. The number of hydrogen-bond acceptors (Lipinski definition) is 4. The Labute approximate surface area is 164 Å². The lowest BCUT2D eigenvalue weighted by atomic mass is 10.1. The lowest BCUT2D eigenvalue weighted by Crippen LogP contribution is -2.21. The standard InChI is InChI=1S/C22H24N2O4/c1-4-17-7-5-8-18(12-17)23-21(25)14-28-22(26)20-11-15(2)24(16(20)3)13-19-9-6-10-27-19/h5-12H,4,13-14H2,1-3H3,(H,23,25). The van der Waals surface area contributed by atoms with Crippen molar-refractivity contribution in [2.24, 2.45) is 0 Å². The SMILES string of the molecule is CCc1cccc(NC(=O)COC(=O)c2cc(C)n(Cc3ccco3)c2C)c1. The molecule has 0 aliphatic rings. The Bertz CT molecular complexity index is 971. The van der Waals surface area contributed by atoms with Gasteiger partial charge in [-0.2, -0.15) is 0 Å². The normalized spacial score (nSPS) is 10.7. The second kappa shape index (κ2) is 8.61. The molecule has 0 bridgehead atoms. The van der Waals surface area contributed by atoms with Gasteiger partial charge in [0, 0.05) is 17.1 Å². The van der Waals surface area contributed by atoms with E-state index in [1.54, 1.807) is 18.4 Å². The number of furan rings is 1. The number of anilines is 1. The van der Waals surface area contributed by atoms with Gasteiger partial charge in [-0.3, -0.25) is 4.79 Å². The molecule has 0 fully saturated rings. The monoisotopic (exact) mass is 380 g/mol. The maximum absolute atomic E-state index is 12.5. The number of aryl methyl sites for hydroxylation is 2. The van der Waals surface area contributed by atoms with Crippen LogP contribution in [0.15, 0.2) is 53.1 Å². The van der Waals surface area contributed by atoms with Crippen LogP contribution in [0.4, 0.5) is 5.69 Å². The van der Waals surface area contributed by atoms with Crippen LogP contribution in [0.1, 0.15) is 40.0 Å². The minimum absolute atomic E-state index is 0.336. The molecule has 0 unspecified atom stereocenters. The minimum Gasteiger partial charge on any atom is -0.467 e. The summed E-state index contributed by atoms with van der Waals surface area (Å²) in [5, 5.41) is 2.75. The number of amides is 1. The first-order chi connectivity index (χ1) is 13.5. The van der Waals surface area contributed by atoms with Gasteiger partial charge in [0.05, 0.1) is 18.4 Å². The summed E-state index contributed by atoms with van der Waals surface area (Å²) in [7, 11) is 0. The van der Waals surface area contributed by atoms with E-state index in [1.807, 2.05) is 55.7 Å². The molecule has 0 atom stereocenters. The van der Waals surface area contributed by atoms with E-state index in [1.165, 1.54) is 0 Å². The molecule has 6 nitrogen and oxygen atoms in total. The van der Waals surface area contributed by atoms with Crippen molar-refractivity contribution < 1.29 is 18.7 Å². The molecule has 0 saturated carbocycles. The first kappa shape index (κ1) is 19.5. The van der Waals surface area contributed by atoms with E-state index in [0.29, 0.717) is 17.8 Å². The molecule has 1 aromatic carbocycles. The fourth-order valence-electron chi connectivity index (χ4n) is 3.08. The number of nitrogens with zero attached hydrogens (tertiary/aromatic N) is 1. The van der Waals surface area contributed by atoms with E-state index in [9.17, 15) is 9.59 Å². The number of nitrogens with one attached hydrogen (secondary N) is 1. The zero-order valence-corrected chi connectivity index (χ0v) is 16.3. The largest absolute Gasteiger partial charge is 0.467 e. The van der Waals surface area contributed by atoms with Crippen LogP contribution in [0.2, 0.25) is 0 Å². The van der Waals surface area contributed by atoms with Gasteiger partial charge in [-0.15, -0.1) is 0 Å². The predicted octanol–water partition coefficient (Wildman–Crippen LogP) is 4.10. The molecule has 0 aliphatic heterocycles. The van der Waals surface area contributed by atoms with Crippen LogP contribution in [0, 0.1) is 13.8 Å². The van der Waals surface area contributed by atoms with Gasteiger partial charge in [0.25, 0.3) is 5.91 Å². The molecule has 2 aromatic heterocycles. The lowest BCUT2D eigenvalue weighted by molar-refractivity contribution is -0.119. The minimum atomic E-state index is -0.517. The van der Waals surface area contributed by atoms with Crippen molar-refractivity contribution >= 4 is 17.6 Å². The third-order valence-corrected chi connectivity index (χ3v) is 4.64. The van der Waals surface area contributed by atoms with Gasteiger partial charge in [0.15, 0.2) is 6.61 Å². The number of aromatic nitrogens is 1. The molecular weight excluding hydrogens is 356 g/mol. The van der Waals surface area contributed by atoms with E-state index in [2.05, 4.69) is 5.32 Å². The summed E-state index contributed by atoms with van der Waals surface area (Å²) in [6.45, 7) is 6.01. The highest BCUT2D eigenvalue weighted by Crippen LogP contribution is 2.18. The molecule has 2 heterocycles. The Balaban J connectivity index is 1.61. The van der Waals surface area contributed by atoms with E-state index in [-0.39, 0.29) is 12.5 Å². The number of ether oxygens (including phenoxy) is 1. The first-order valence-corrected chi connectivity index (χ1v) is 9.23. The van der Waals surface area contributed by atoms with Crippen LogP contribution in [0.3, 0.4) is 0 Å².